The van der Waals surface area contributed by atoms with Gasteiger partial charge in [0.05, 0.1) is 12.3 Å². The zero-order valence-electron chi connectivity index (χ0n) is 13.5. The third-order valence-corrected chi connectivity index (χ3v) is 3.42. The van der Waals surface area contributed by atoms with Crippen molar-refractivity contribution < 1.29 is 9.15 Å². The van der Waals surface area contributed by atoms with Crippen molar-refractivity contribution in [3.63, 3.8) is 0 Å². The van der Waals surface area contributed by atoms with E-state index >= 15 is 0 Å². The highest BCUT2D eigenvalue weighted by Crippen LogP contribution is 2.28. The van der Waals surface area contributed by atoms with E-state index in [0.717, 1.165) is 17.6 Å². The summed E-state index contributed by atoms with van der Waals surface area (Å²) in [6.07, 6.45) is 0.739. The molecule has 0 aliphatic heterocycles. The van der Waals surface area contributed by atoms with Crippen molar-refractivity contribution in [2.75, 3.05) is 17.7 Å². The smallest absolute Gasteiger partial charge is 0.235 e. The summed E-state index contributed by atoms with van der Waals surface area (Å²) in [6.45, 7) is 4.21. The van der Waals surface area contributed by atoms with Crippen LogP contribution in [0.1, 0.15) is 25.3 Å². The summed E-state index contributed by atoms with van der Waals surface area (Å²) in [4.78, 5) is 8.68. The molecular weight excluding hydrogens is 306 g/mol. The van der Waals surface area contributed by atoms with Crippen molar-refractivity contribution in [2.45, 2.75) is 20.3 Å². The molecule has 0 bridgehead atoms. The maximum absolute atomic E-state index is 9.16. The molecule has 3 N–H and O–H groups in total. The van der Waals surface area contributed by atoms with Gasteiger partial charge in [-0.15, -0.1) is 0 Å². The number of benzene rings is 1. The molecule has 2 heterocycles. The monoisotopic (exact) mass is 323 g/mol. The van der Waals surface area contributed by atoms with E-state index in [1.54, 1.807) is 6.07 Å². The molecule has 2 aromatic heterocycles. The van der Waals surface area contributed by atoms with Gasteiger partial charge in [0, 0.05) is 24.2 Å². The Balaban J connectivity index is 1.94. The molecule has 1 aromatic carbocycles. The first-order valence-corrected chi connectivity index (χ1v) is 7.64. The minimum Gasteiger partial charge on any atom is -0.477 e. The van der Waals surface area contributed by atoms with Crippen LogP contribution >= 0.6 is 0 Å². The molecule has 3 rings (SSSR count). The third-order valence-electron chi connectivity index (χ3n) is 3.42. The van der Waals surface area contributed by atoms with Crippen molar-refractivity contribution in [3.8, 4) is 11.9 Å². The molecule has 0 aliphatic carbocycles. The van der Waals surface area contributed by atoms with Gasteiger partial charge >= 0.3 is 0 Å². The Bertz CT molecular complexity index is 927. The van der Waals surface area contributed by atoms with Crippen LogP contribution in [0.3, 0.4) is 0 Å². The van der Waals surface area contributed by atoms with E-state index in [-0.39, 0.29) is 11.4 Å². The normalized spacial score (nSPS) is 10.5. The fourth-order valence-corrected chi connectivity index (χ4v) is 2.31. The number of aryl methyl sites for hydroxylation is 1. The first kappa shape index (κ1) is 15.6. The molecule has 0 atom stereocenters. The van der Waals surface area contributed by atoms with Gasteiger partial charge in [-0.05, 0) is 19.1 Å². The van der Waals surface area contributed by atoms with Crippen LogP contribution in [0.2, 0.25) is 0 Å². The molecule has 0 saturated heterocycles. The highest BCUT2D eigenvalue weighted by molar-refractivity contribution is 5.79. The van der Waals surface area contributed by atoms with Crippen LogP contribution < -0.4 is 15.8 Å². The number of nitrogens with zero attached hydrogens (tertiary/aromatic N) is 3. The molecule has 7 heteroatoms. The lowest BCUT2D eigenvalue weighted by molar-refractivity contribution is 0.326. The highest BCUT2D eigenvalue weighted by atomic mass is 16.5. The number of nitriles is 1. The fraction of sp³-hybridized carbons (Fsp3) is 0.235. The van der Waals surface area contributed by atoms with Crippen molar-refractivity contribution in [3.05, 3.63) is 35.7 Å². The maximum atomic E-state index is 9.16. The quantitative estimate of drug-likeness (QED) is 0.740. The van der Waals surface area contributed by atoms with Crippen LogP contribution in [0, 0.1) is 11.3 Å². The average Bonchev–Trinajstić information content (AvgIpc) is 2.97. The van der Waals surface area contributed by atoms with Gasteiger partial charge in [-0.1, -0.05) is 6.92 Å². The van der Waals surface area contributed by atoms with Gasteiger partial charge in [-0.3, -0.25) is 0 Å². The second-order valence-electron chi connectivity index (χ2n) is 5.09. The number of hydrogen-bond acceptors (Lipinski definition) is 7. The zero-order chi connectivity index (χ0) is 17.1. The first-order valence-electron chi connectivity index (χ1n) is 7.64. The van der Waals surface area contributed by atoms with Gasteiger partial charge in [-0.25, -0.2) is 4.98 Å². The van der Waals surface area contributed by atoms with Crippen LogP contribution in [0.5, 0.6) is 5.88 Å². The number of aromatic nitrogens is 2. The standard InChI is InChI=1S/C17H17N5O2/c1-3-16-21-13-6-5-10(7-14(13)24-16)20-15-8-12(19)11(9-18)17(22-15)23-4-2/h5-8H,3-4H2,1-2H3,(H3,19,20,22). The van der Waals surface area contributed by atoms with E-state index in [2.05, 4.69) is 15.3 Å². The largest absolute Gasteiger partial charge is 0.477 e. The SMILES string of the molecule is CCOc1nc(Nc2ccc3nc(CC)oc3c2)cc(N)c1C#N. The van der Waals surface area contributed by atoms with E-state index in [1.807, 2.05) is 38.1 Å². The van der Waals surface area contributed by atoms with Crippen LogP contribution in [0.15, 0.2) is 28.7 Å². The minimum absolute atomic E-state index is 0.219. The molecule has 0 saturated carbocycles. The Hall–Kier alpha value is -3.27. The molecule has 0 unspecified atom stereocenters. The summed E-state index contributed by atoms with van der Waals surface area (Å²) < 4.78 is 11.0. The molecule has 0 spiro atoms. The molecule has 0 aliphatic rings. The van der Waals surface area contributed by atoms with Crippen molar-refractivity contribution in [1.29, 1.82) is 5.26 Å². The number of hydrogen-bond donors (Lipinski definition) is 2. The summed E-state index contributed by atoms with van der Waals surface area (Å²) in [5.41, 5.74) is 8.75. The van der Waals surface area contributed by atoms with E-state index in [0.29, 0.717) is 29.6 Å². The van der Waals surface area contributed by atoms with E-state index in [4.69, 9.17) is 20.1 Å². The summed E-state index contributed by atoms with van der Waals surface area (Å²) in [5.74, 6) is 1.41. The van der Waals surface area contributed by atoms with Crippen molar-refractivity contribution in [2.24, 2.45) is 0 Å². The zero-order valence-corrected chi connectivity index (χ0v) is 13.5. The number of nitrogen functional groups attached to an aromatic ring is 1. The summed E-state index contributed by atoms with van der Waals surface area (Å²) in [6, 6.07) is 9.20. The molecule has 3 aromatic rings. The lowest BCUT2D eigenvalue weighted by Gasteiger charge is -2.11. The van der Waals surface area contributed by atoms with Gasteiger partial charge < -0.3 is 20.2 Å². The fourth-order valence-electron chi connectivity index (χ4n) is 2.31. The van der Waals surface area contributed by atoms with Gasteiger partial charge in [0.15, 0.2) is 11.5 Å². The van der Waals surface area contributed by atoms with Gasteiger partial charge in [-0.2, -0.15) is 10.2 Å². The minimum atomic E-state index is 0.219. The lowest BCUT2D eigenvalue weighted by Crippen LogP contribution is -2.04. The van der Waals surface area contributed by atoms with Crippen LogP contribution in [0.4, 0.5) is 17.2 Å². The third kappa shape index (κ3) is 2.94. The number of anilines is 3. The Labute approximate surface area is 139 Å². The van der Waals surface area contributed by atoms with Crippen LogP contribution in [0.25, 0.3) is 11.1 Å². The van der Waals surface area contributed by atoms with E-state index in [9.17, 15) is 0 Å². The first-order chi connectivity index (χ1) is 11.6. The number of nitrogens with two attached hydrogens (primary N) is 1. The maximum Gasteiger partial charge on any atom is 0.235 e. The Morgan fingerprint density at radius 1 is 1.29 bits per heavy atom. The lowest BCUT2D eigenvalue weighted by atomic mass is 10.2. The molecule has 122 valence electrons. The molecule has 0 radical (unpaired) electrons. The molecule has 7 nitrogen and oxygen atoms in total. The highest BCUT2D eigenvalue weighted by Gasteiger charge is 2.12. The topological polar surface area (TPSA) is 110 Å². The van der Waals surface area contributed by atoms with Crippen LogP contribution in [-0.4, -0.2) is 16.6 Å². The van der Waals surface area contributed by atoms with Gasteiger partial charge in [0.25, 0.3) is 0 Å². The second kappa shape index (κ2) is 6.46. The number of nitrogens with one attached hydrogen (secondary N) is 1. The Kier molecular flexibility index (Phi) is 4.20. The number of rotatable bonds is 5. The molecule has 0 fully saturated rings. The molecular formula is C17H17N5O2. The van der Waals surface area contributed by atoms with Crippen LogP contribution in [-0.2, 0) is 6.42 Å². The Morgan fingerprint density at radius 2 is 2.12 bits per heavy atom. The average molecular weight is 323 g/mol. The second-order valence-corrected chi connectivity index (χ2v) is 5.09. The van der Waals surface area contributed by atoms with Crippen molar-refractivity contribution in [1.82, 2.24) is 9.97 Å². The number of oxazole rings is 1. The Morgan fingerprint density at radius 3 is 2.83 bits per heavy atom. The van der Waals surface area contributed by atoms with E-state index < -0.39 is 0 Å². The van der Waals surface area contributed by atoms with Crippen molar-refractivity contribution >= 4 is 28.3 Å². The number of pyridine rings is 1. The van der Waals surface area contributed by atoms with Gasteiger partial charge in [0.1, 0.15) is 23.0 Å². The summed E-state index contributed by atoms with van der Waals surface area (Å²) in [7, 11) is 0. The molecule has 0 amide bonds. The molecule has 24 heavy (non-hydrogen) atoms. The summed E-state index contributed by atoms with van der Waals surface area (Å²) in [5, 5.41) is 12.3. The predicted octanol–water partition coefficient (Wildman–Crippen LogP) is 3.38. The number of fused-ring (bicyclic) bond motifs is 1. The predicted molar refractivity (Wildman–Crippen MR) is 91.2 cm³/mol. The number of ether oxygens (including phenoxy) is 1. The van der Waals surface area contributed by atoms with Gasteiger partial charge in [0.2, 0.25) is 5.88 Å². The summed E-state index contributed by atoms with van der Waals surface area (Å²) >= 11 is 0. The van der Waals surface area contributed by atoms with E-state index in [1.165, 1.54) is 0 Å².